The van der Waals surface area contributed by atoms with Crippen LogP contribution in [-0.2, 0) is 17.6 Å². The highest BCUT2D eigenvalue weighted by Crippen LogP contribution is 2.33. The van der Waals surface area contributed by atoms with Crippen LogP contribution in [-0.4, -0.2) is 23.3 Å². The molecule has 0 bridgehead atoms. The second-order valence-corrected chi connectivity index (χ2v) is 8.86. The Hall–Kier alpha value is -2.23. The molecule has 1 amide bonds. The maximum absolute atomic E-state index is 12.8. The molecule has 1 N–H and O–H groups in total. The summed E-state index contributed by atoms with van der Waals surface area (Å²) >= 11 is 7.50. The zero-order valence-corrected chi connectivity index (χ0v) is 18.4. The average Bonchev–Trinajstić information content (AvgIpc) is 2.71. The third-order valence-electron chi connectivity index (χ3n) is 5.06. The van der Waals surface area contributed by atoms with Crippen molar-refractivity contribution >= 4 is 35.0 Å². The molecule has 2 aromatic rings. The number of carbonyl (C=O) groups excluding carboxylic acids is 1. The number of aryl methyl sites for hydroxylation is 1. The Morgan fingerprint density at radius 2 is 2.28 bits per heavy atom. The number of methoxy groups -OCH3 is 1. The van der Waals surface area contributed by atoms with E-state index in [-0.39, 0.29) is 11.2 Å². The van der Waals surface area contributed by atoms with Crippen molar-refractivity contribution in [2.24, 2.45) is 5.92 Å². The zero-order chi connectivity index (χ0) is 21.0. The van der Waals surface area contributed by atoms with E-state index in [1.165, 1.54) is 11.8 Å². The molecule has 1 heterocycles. The summed E-state index contributed by atoms with van der Waals surface area (Å²) in [5, 5.41) is 13.2. The monoisotopic (exact) mass is 429 g/mol. The van der Waals surface area contributed by atoms with E-state index in [0.717, 1.165) is 30.5 Å². The number of fused-ring (bicyclic) bond motifs is 1. The third kappa shape index (κ3) is 5.04. The predicted octanol–water partition coefficient (Wildman–Crippen LogP) is 5.25. The smallest absolute Gasteiger partial charge is 0.237 e. The molecule has 0 saturated heterocycles. The fourth-order valence-corrected chi connectivity index (χ4v) is 4.68. The lowest BCUT2D eigenvalue weighted by atomic mass is 9.87. The van der Waals surface area contributed by atoms with Crippen LogP contribution < -0.4 is 10.1 Å². The van der Waals surface area contributed by atoms with Crippen LogP contribution in [0.4, 0.5) is 5.69 Å². The van der Waals surface area contributed by atoms with Crippen molar-refractivity contribution in [3.63, 3.8) is 0 Å². The molecule has 29 heavy (non-hydrogen) atoms. The number of ether oxygens (including phenoxy) is 1. The van der Waals surface area contributed by atoms with E-state index >= 15 is 0 Å². The summed E-state index contributed by atoms with van der Waals surface area (Å²) in [6, 6.07) is 9.33. The first-order chi connectivity index (χ1) is 13.9. The molecule has 0 saturated carbocycles. The lowest BCUT2D eigenvalue weighted by Crippen LogP contribution is -2.25. The number of carbonyl (C=O) groups is 1. The van der Waals surface area contributed by atoms with E-state index in [1.807, 2.05) is 13.0 Å². The molecule has 2 atom stereocenters. The zero-order valence-electron chi connectivity index (χ0n) is 16.8. The quantitative estimate of drug-likeness (QED) is 0.634. The summed E-state index contributed by atoms with van der Waals surface area (Å²) in [7, 11) is 1.54. The third-order valence-corrected chi connectivity index (χ3v) is 6.72. The highest BCUT2D eigenvalue weighted by atomic mass is 35.5. The van der Waals surface area contributed by atoms with Gasteiger partial charge in [0, 0.05) is 11.4 Å². The van der Waals surface area contributed by atoms with Gasteiger partial charge in [0.15, 0.2) is 0 Å². The maximum Gasteiger partial charge on any atom is 0.237 e. The van der Waals surface area contributed by atoms with Gasteiger partial charge in [-0.3, -0.25) is 4.79 Å². The number of thioether (sulfide) groups is 1. The Morgan fingerprint density at radius 3 is 2.93 bits per heavy atom. The highest BCUT2D eigenvalue weighted by molar-refractivity contribution is 8.00. The van der Waals surface area contributed by atoms with Gasteiger partial charge in [-0.05, 0) is 61.4 Å². The van der Waals surface area contributed by atoms with Crippen LogP contribution in [0.3, 0.4) is 0 Å². The van der Waals surface area contributed by atoms with E-state index in [2.05, 4.69) is 18.3 Å². The van der Waals surface area contributed by atoms with Crippen LogP contribution in [0.1, 0.15) is 43.5 Å². The summed E-state index contributed by atoms with van der Waals surface area (Å²) in [4.78, 5) is 17.6. The number of hydrogen-bond acceptors (Lipinski definition) is 5. The maximum atomic E-state index is 12.8. The number of nitrogens with zero attached hydrogens (tertiary/aromatic N) is 2. The number of pyridine rings is 1. The van der Waals surface area contributed by atoms with Gasteiger partial charge in [-0.25, -0.2) is 4.98 Å². The second kappa shape index (κ2) is 9.51. The number of hydrogen-bond donors (Lipinski definition) is 1. The largest absolute Gasteiger partial charge is 0.495 e. The standard InChI is InChI=1S/C22H24ClN3O2S/c1-4-20(21(27)25-16-6-8-19(28-3)17(23)11-16)29-22-15(12-24)10-14-9-13(2)5-7-18(14)26-22/h6,8,10-11,13,20H,4-5,7,9H2,1-3H3,(H,25,27). The van der Waals surface area contributed by atoms with Gasteiger partial charge >= 0.3 is 0 Å². The number of nitriles is 1. The van der Waals surface area contributed by atoms with Gasteiger partial charge in [0.2, 0.25) is 5.91 Å². The Bertz CT molecular complexity index is 958. The molecule has 0 spiro atoms. The molecule has 3 rings (SSSR count). The van der Waals surface area contributed by atoms with Crippen molar-refractivity contribution < 1.29 is 9.53 Å². The van der Waals surface area contributed by atoms with Crippen molar-refractivity contribution in [1.29, 1.82) is 5.26 Å². The topological polar surface area (TPSA) is 75.0 Å². The Kier molecular flexibility index (Phi) is 7.05. The van der Waals surface area contributed by atoms with Crippen molar-refractivity contribution in [3.05, 3.63) is 46.1 Å². The first-order valence-electron chi connectivity index (χ1n) is 9.69. The van der Waals surface area contributed by atoms with Crippen molar-refractivity contribution in [3.8, 4) is 11.8 Å². The van der Waals surface area contributed by atoms with Gasteiger partial charge in [-0.1, -0.05) is 37.2 Å². The molecule has 2 unspecified atom stereocenters. The summed E-state index contributed by atoms with van der Waals surface area (Å²) in [5.74, 6) is 1.02. The fourth-order valence-electron chi connectivity index (χ4n) is 3.42. The molecule has 1 aromatic heterocycles. The van der Waals surface area contributed by atoms with Crippen LogP contribution in [0.15, 0.2) is 29.3 Å². The van der Waals surface area contributed by atoms with Gasteiger partial charge in [0.05, 0.1) is 22.9 Å². The molecule has 1 aliphatic rings. The minimum absolute atomic E-state index is 0.143. The van der Waals surface area contributed by atoms with Gasteiger partial charge in [0.1, 0.15) is 16.8 Å². The van der Waals surface area contributed by atoms with E-state index in [9.17, 15) is 10.1 Å². The van der Waals surface area contributed by atoms with Gasteiger partial charge in [0.25, 0.3) is 0 Å². The van der Waals surface area contributed by atoms with E-state index in [1.54, 1.807) is 25.3 Å². The molecule has 1 aromatic carbocycles. The minimum atomic E-state index is -0.365. The fraction of sp³-hybridized carbons (Fsp3) is 0.409. The number of halogens is 1. The Labute approximate surface area is 180 Å². The summed E-state index contributed by atoms with van der Waals surface area (Å²) < 4.78 is 5.14. The van der Waals surface area contributed by atoms with Crippen LogP contribution in [0.25, 0.3) is 0 Å². The van der Waals surface area contributed by atoms with E-state index in [4.69, 9.17) is 21.3 Å². The molecular formula is C22H24ClN3O2S. The molecular weight excluding hydrogens is 406 g/mol. The highest BCUT2D eigenvalue weighted by Gasteiger charge is 2.24. The summed E-state index contributed by atoms with van der Waals surface area (Å²) in [6.07, 6.45) is 3.59. The molecule has 7 heteroatoms. The molecule has 1 aliphatic carbocycles. The number of anilines is 1. The lowest BCUT2D eigenvalue weighted by molar-refractivity contribution is -0.115. The van der Waals surface area contributed by atoms with Crippen LogP contribution in [0, 0.1) is 17.2 Å². The first kappa shape index (κ1) is 21.5. The first-order valence-corrected chi connectivity index (χ1v) is 10.9. The molecule has 0 fully saturated rings. The Balaban J connectivity index is 1.78. The molecule has 0 aliphatic heterocycles. The number of rotatable bonds is 6. The van der Waals surface area contributed by atoms with Gasteiger partial charge in [-0.15, -0.1) is 0 Å². The molecule has 0 radical (unpaired) electrons. The second-order valence-electron chi connectivity index (χ2n) is 7.26. The Morgan fingerprint density at radius 1 is 1.48 bits per heavy atom. The van der Waals surface area contributed by atoms with Crippen LogP contribution >= 0.6 is 23.4 Å². The number of amides is 1. The van der Waals surface area contributed by atoms with E-state index in [0.29, 0.717) is 39.4 Å². The lowest BCUT2D eigenvalue weighted by Gasteiger charge is -2.22. The van der Waals surface area contributed by atoms with Crippen molar-refractivity contribution in [1.82, 2.24) is 4.98 Å². The number of aromatic nitrogens is 1. The normalized spacial score (nSPS) is 16.4. The molecule has 5 nitrogen and oxygen atoms in total. The number of benzene rings is 1. The number of nitrogens with one attached hydrogen (secondary N) is 1. The van der Waals surface area contributed by atoms with Crippen LogP contribution in [0.5, 0.6) is 5.75 Å². The van der Waals surface area contributed by atoms with Crippen LogP contribution in [0.2, 0.25) is 5.02 Å². The van der Waals surface area contributed by atoms with Gasteiger partial charge in [-0.2, -0.15) is 5.26 Å². The average molecular weight is 430 g/mol. The predicted molar refractivity (Wildman–Crippen MR) is 117 cm³/mol. The minimum Gasteiger partial charge on any atom is -0.495 e. The van der Waals surface area contributed by atoms with Crippen molar-refractivity contribution in [2.45, 2.75) is 49.8 Å². The molecule has 152 valence electrons. The summed E-state index contributed by atoms with van der Waals surface area (Å²) in [5.41, 5.74) is 3.37. The van der Waals surface area contributed by atoms with Crippen molar-refractivity contribution in [2.75, 3.05) is 12.4 Å². The summed E-state index contributed by atoms with van der Waals surface area (Å²) in [6.45, 7) is 4.17. The van der Waals surface area contributed by atoms with E-state index < -0.39 is 0 Å². The SMILES string of the molecule is CCC(Sc1nc2c(cc1C#N)CC(C)CC2)C(=O)Nc1ccc(OC)c(Cl)c1. The van der Waals surface area contributed by atoms with Gasteiger partial charge < -0.3 is 10.1 Å².